The maximum Gasteiger partial charge on any atom is 0.0638 e. The summed E-state index contributed by atoms with van der Waals surface area (Å²) >= 11 is 0. The zero-order chi connectivity index (χ0) is 14.8. The van der Waals surface area contributed by atoms with Crippen molar-refractivity contribution in [2.45, 2.75) is 26.4 Å². The van der Waals surface area contributed by atoms with E-state index in [4.69, 9.17) is 0 Å². The normalized spacial score (nSPS) is 12.7. The number of aromatic nitrogens is 2. The highest BCUT2D eigenvalue weighted by Crippen LogP contribution is 2.20. The van der Waals surface area contributed by atoms with Crippen LogP contribution in [0.3, 0.4) is 0 Å². The molecule has 1 N–H and O–H groups in total. The Balaban J connectivity index is 1.74. The van der Waals surface area contributed by atoms with Crippen molar-refractivity contribution in [2.75, 3.05) is 0 Å². The molecule has 0 aliphatic carbocycles. The van der Waals surface area contributed by atoms with Crippen LogP contribution >= 0.6 is 0 Å². The summed E-state index contributed by atoms with van der Waals surface area (Å²) < 4.78 is 1.87. The predicted molar refractivity (Wildman–Crippen MR) is 87.1 cm³/mol. The average Bonchev–Trinajstić information content (AvgIpc) is 2.82. The molecule has 3 nitrogen and oxygen atoms in total. The van der Waals surface area contributed by atoms with E-state index in [0.717, 1.165) is 12.2 Å². The zero-order valence-corrected chi connectivity index (χ0v) is 12.8. The topological polar surface area (TPSA) is 29.9 Å². The van der Waals surface area contributed by atoms with E-state index in [1.807, 2.05) is 11.7 Å². The average molecular weight is 279 g/mol. The van der Waals surface area contributed by atoms with Gasteiger partial charge in [-0.2, -0.15) is 5.10 Å². The molecule has 0 saturated carbocycles. The third kappa shape index (κ3) is 2.98. The molecule has 0 aliphatic heterocycles. The van der Waals surface area contributed by atoms with Crippen molar-refractivity contribution in [3.8, 4) is 0 Å². The molecule has 0 aliphatic rings. The molecule has 0 amide bonds. The first-order valence-corrected chi connectivity index (χ1v) is 7.34. The summed E-state index contributed by atoms with van der Waals surface area (Å²) in [6, 6.07) is 15.5. The highest BCUT2D eigenvalue weighted by atomic mass is 15.2. The molecule has 21 heavy (non-hydrogen) atoms. The van der Waals surface area contributed by atoms with Crippen molar-refractivity contribution in [3.05, 3.63) is 65.5 Å². The van der Waals surface area contributed by atoms with Crippen LogP contribution in [0.2, 0.25) is 0 Å². The summed E-state index contributed by atoms with van der Waals surface area (Å²) in [6.45, 7) is 5.10. The second kappa shape index (κ2) is 5.70. The van der Waals surface area contributed by atoms with E-state index in [1.165, 1.54) is 21.9 Å². The Hall–Kier alpha value is -2.13. The minimum atomic E-state index is 0.314. The first-order valence-electron chi connectivity index (χ1n) is 7.34. The zero-order valence-electron chi connectivity index (χ0n) is 12.8. The lowest BCUT2D eigenvalue weighted by Gasteiger charge is -2.14. The number of rotatable bonds is 4. The van der Waals surface area contributed by atoms with Gasteiger partial charge in [0.2, 0.25) is 0 Å². The monoisotopic (exact) mass is 279 g/mol. The van der Waals surface area contributed by atoms with Crippen LogP contribution in [-0.4, -0.2) is 9.78 Å². The number of fused-ring (bicyclic) bond motifs is 1. The Kier molecular flexibility index (Phi) is 3.76. The fourth-order valence-corrected chi connectivity index (χ4v) is 2.68. The quantitative estimate of drug-likeness (QED) is 0.788. The van der Waals surface area contributed by atoms with Crippen molar-refractivity contribution in [3.63, 3.8) is 0 Å². The van der Waals surface area contributed by atoms with Crippen LogP contribution < -0.4 is 5.32 Å². The number of aryl methyl sites for hydroxylation is 2. The maximum atomic E-state index is 4.38. The Bertz CT molecular complexity index is 758. The van der Waals surface area contributed by atoms with Crippen molar-refractivity contribution in [1.29, 1.82) is 0 Å². The summed E-state index contributed by atoms with van der Waals surface area (Å²) in [5, 5.41) is 10.5. The first kappa shape index (κ1) is 13.8. The van der Waals surface area contributed by atoms with Gasteiger partial charge in [-0.05, 0) is 36.2 Å². The molecule has 1 unspecified atom stereocenters. The second-order valence-electron chi connectivity index (χ2n) is 5.62. The molecule has 0 spiro atoms. The van der Waals surface area contributed by atoms with Gasteiger partial charge in [0, 0.05) is 31.4 Å². The highest BCUT2D eigenvalue weighted by Gasteiger charge is 2.08. The van der Waals surface area contributed by atoms with Crippen LogP contribution in [0.1, 0.15) is 29.8 Å². The Morgan fingerprint density at radius 1 is 1.14 bits per heavy atom. The van der Waals surface area contributed by atoms with E-state index in [9.17, 15) is 0 Å². The van der Waals surface area contributed by atoms with Gasteiger partial charge >= 0.3 is 0 Å². The smallest absolute Gasteiger partial charge is 0.0638 e. The van der Waals surface area contributed by atoms with Gasteiger partial charge in [0.25, 0.3) is 0 Å². The van der Waals surface area contributed by atoms with Crippen LogP contribution in [0.5, 0.6) is 0 Å². The standard InChI is InChI=1S/C18H21N3/c1-13(19-11-18-12-21(3)20-14(18)2)16-9-8-15-6-4-5-7-17(15)10-16/h4-10,12-13,19H,11H2,1-3H3. The molecule has 0 saturated heterocycles. The third-order valence-corrected chi connectivity index (χ3v) is 3.99. The third-order valence-electron chi connectivity index (χ3n) is 3.99. The van der Waals surface area contributed by atoms with Gasteiger partial charge < -0.3 is 5.32 Å². The van der Waals surface area contributed by atoms with E-state index in [1.54, 1.807) is 0 Å². The van der Waals surface area contributed by atoms with Crippen molar-refractivity contribution in [1.82, 2.24) is 15.1 Å². The van der Waals surface area contributed by atoms with E-state index in [0.29, 0.717) is 6.04 Å². The van der Waals surface area contributed by atoms with Crippen LogP contribution in [0.4, 0.5) is 0 Å². The fourth-order valence-electron chi connectivity index (χ4n) is 2.68. The van der Waals surface area contributed by atoms with Gasteiger partial charge in [-0.3, -0.25) is 4.68 Å². The first-order chi connectivity index (χ1) is 10.1. The van der Waals surface area contributed by atoms with Gasteiger partial charge in [-0.25, -0.2) is 0 Å². The summed E-state index contributed by atoms with van der Waals surface area (Å²) in [7, 11) is 1.96. The van der Waals surface area contributed by atoms with E-state index >= 15 is 0 Å². The van der Waals surface area contributed by atoms with E-state index in [-0.39, 0.29) is 0 Å². The summed E-state index contributed by atoms with van der Waals surface area (Å²) in [4.78, 5) is 0. The van der Waals surface area contributed by atoms with Crippen LogP contribution in [0, 0.1) is 6.92 Å². The lowest BCUT2D eigenvalue weighted by Crippen LogP contribution is -2.18. The van der Waals surface area contributed by atoms with E-state index < -0.39 is 0 Å². The predicted octanol–water partition coefficient (Wildman–Crippen LogP) is 3.73. The molecule has 0 radical (unpaired) electrons. The van der Waals surface area contributed by atoms with Crippen molar-refractivity contribution in [2.24, 2.45) is 7.05 Å². The Morgan fingerprint density at radius 2 is 1.90 bits per heavy atom. The fraction of sp³-hybridized carbons (Fsp3) is 0.278. The molecule has 3 rings (SSSR count). The molecule has 1 heterocycles. The van der Waals surface area contributed by atoms with Crippen LogP contribution in [-0.2, 0) is 13.6 Å². The second-order valence-corrected chi connectivity index (χ2v) is 5.62. The maximum absolute atomic E-state index is 4.38. The van der Waals surface area contributed by atoms with Gasteiger partial charge in [-0.15, -0.1) is 0 Å². The Morgan fingerprint density at radius 3 is 2.62 bits per heavy atom. The van der Waals surface area contributed by atoms with Crippen LogP contribution in [0.25, 0.3) is 10.8 Å². The van der Waals surface area contributed by atoms with Crippen molar-refractivity contribution < 1.29 is 0 Å². The SMILES string of the molecule is Cc1nn(C)cc1CNC(C)c1ccc2ccccc2c1. The molecule has 3 heteroatoms. The van der Waals surface area contributed by atoms with Gasteiger partial charge in [0.1, 0.15) is 0 Å². The van der Waals surface area contributed by atoms with Gasteiger partial charge in [0.15, 0.2) is 0 Å². The molecule has 1 aromatic heterocycles. The summed E-state index contributed by atoms with van der Waals surface area (Å²) in [5.74, 6) is 0. The lowest BCUT2D eigenvalue weighted by atomic mass is 10.0. The Labute approximate surface area is 125 Å². The van der Waals surface area contributed by atoms with Crippen molar-refractivity contribution >= 4 is 10.8 Å². The van der Waals surface area contributed by atoms with Gasteiger partial charge in [0.05, 0.1) is 5.69 Å². The largest absolute Gasteiger partial charge is 0.306 e. The summed E-state index contributed by atoms with van der Waals surface area (Å²) in [6.07, 6.45) is 2.08. The molecular formula is C18H21N3. The number of hydrogen-bond donors (Lipinski definition) is 1. The number of benzene rings is 2. The molecule has 3 aromatic rings. The molecule has 0 bridgehead atoms. The minimum Gasteiger partial charge on any atom is -0.306 e. The summed E-state index contributed by atoms with van der Waals surface area (Å²) in [5.41, 5.74) is 3.66. The van der Waals surface area contributed by atoms with Crippen LogP contribution in [0.15, 0.2) is 48.7 Å². The molecular weight excluding hydrogens is 258 g/mol. The minimum absolute atomic E-state index is 0.314. The molecule has 108 valence electrons. The van der Waals surface area contributed by atoms with Gasteiger partial charge in [-0.1, -0.05) is 36.4 Å². The molecule has 1 atom stereocenters. The highest BCUT2D eigenvalue weighted by molar-refractivity contribution is 5.83. The molecule has 2 aromatic carbocycles. The lowest BCUT2D eigenvalue weighted by molar-refractivity contribution is 0.574. The number of nitrogens with zero attached hydrogens (tertiary/aromatic N) is 2. The van der Waals surface area contributed by atoms with E-state index in [2.05, 4.69) is 72.9 Å². The molecule has 0 fully saturated rings. The number of hydrogen-bond acceptors (Lipinski definition) is 2. The number of nitrogens with one attached hydrogen (secondary N) is 1.